The van der Waals surface area contributed by atoms with Crippen LogP contribution in [0.15, 0.2) is 72.8 Å². The molecule has 0 bridgehead atoms. The topological polar surface area (TPSA) is 102 Å². The summed E-state index contributed by atoms with van der Waals surface area (Å²) in [6, 6.07) is 18.8. The number of benzene rings is 3. The molecule has 4 aromatic rings. The Morgan fingerprint density at radius 2 is 1.71 bits per heavy atom. The zero-order valence-electron chi connectivity index (χ0n) is 17.6. The Labute approximate surface area is 204 Å². The van der Waals surface area contributed by atoms with Gasteiger partial charge in [-0.2, -0.15) is 5.10 Å². The van der Waals surface area contributed by atoms with Gasteiger partial charge >= 0.3 is 6.03 Å². The van der Waals surface area contributed by atoms with E-state index in [4.69, 9.17) is 28.9 Å². The smallest absolute Gasteiger partial charge is 0.324 e. The van der Waals surface area contributed by atoms with Crippen molar-refractivity contribution in [1.82, 2.24) is 9.78 Å². The lowest BCUT2D eigenvalue weighted by Crippen LogP contribution is -2.21. The second-order valence-corrected chi connectivity index (χ2v) is 8.11. The molecular weight excluding hydrogens is 480 g/mol. The first-order valence-corrected chi connectivity index (χ1v) is 10.8. The maximum atomic E-state index is 13.8. The van der Waals surface area contributed by atoms with Crippen LogP contribution < -0.4 is 16.4 Å². The maximum absolute atomic E-state index is 13.8. The number of aromatic nitrogens is 2. The Hall–Kier alpha value is -3.88. The van der Waals surface area contributed by atoms with Gasteiger partial charge in [-0.3, -0.25) is 10.1 Å². The molecule has 3 aromatic carbocycles. The van der Waals surface area contributed by atoms with Gasteiger partial charge in [-0.15, -0.1) is 0 Å². The second-order valence-electron chi connectivity index (χ2n) is 7.33. The minimum Gasteiger partial charge on any atom is -0.369 e. The molecule has 7 nitrogen and oxygen atoms in total. The lowest BCUT2D eigenvalue weighted by molar-refractivity contribution is -0.117. The summed E-state index contributed by atoms with van der Waals surface area (Å²) in [5, 5.41) is 10.4. The van der Waals surface area contributed by atoms with E-state index in [-0.39, 0.29) is 11.4 Å². The number of amides is 3. The fourth-order valence-electron chi connectivity index (χ4n) is 3.28. The first kappa shape index (κ1) is 23.3. The van der Waals surface area contributed by atoms with Crippen LogP contribution in [-0.2, 0) is 11.2 Å². The van der Waals surface area contributed by atoms with E-state index >= 15 is 0 Å². The van der Waals surface area contributed by atoms with E-state index in [1.807, 2.05) is 0 Å². The molecule has 4 rings (SSSR count). The highest BCUT2D eigenvalue weighted by molar-refractivity contribution is 6.44. The van der Waals surface area contributed by atoms with Gasteiger partial charge in [0.25, 0.3) is 0 Å². The minimum absolute atomic E-state index is 0.0990. The number of rotatable bonds is 6. The number of anilines is 2. The highest BCUT2D eigenvalue weighted by atomic mass is 35.5. The SMILES string of the molecule is NC(=O)Cc1ccc(-n2nc(-c3cccc(F)c3)cc2NC(=O)Nc2cccc(Cl)c2Cl)cc1. The fraction of sp³-hybridized carbons (Fsp3) is 0.0417. The third kappa shape index (κ3) is 5.36. The third-order valence-corrected chi connectivity index (χ3v) is 5.65. The van der Waals surface area contributed by atoms with Crippen LogP contribution in [0.3, 0.4) is 0 Å². The first-order valence-electron chi connectivity index (χ1n) is 10.1. The third-order valence-electron chi connectivity index (χ3n) is 4.83. The van der Waals surface area contributed by atoms with Crippen molar-refractivity contribution in [3.63, 3.8) is 0 Å². The Morgan fingerprint density at radius 1 is 0.971 bits per heavy atom. The van der Waals surface area contributed by atoms with Crippen LogP contribution in [0.1, 0.15) is 5.56 Å². The maximum Gasteiger partial charge on any atom is 0.324 e. The molecule has 3 amide bonds. The molecule has 0 aliphatic carbocycles. The van der Waals surface area contributed by atoms with Gasteiger partial charge in [-0.05, 0) is 42.0 Å². The molecule has 0 radical (unpaired) electrons. The second kappa shape index (κ2) is 9.94. The molecule has 0 aliphatic rings. The molecule has 10 heteroatoms. The highest BCUT2D eigenvalue weighted by Crippen LogP contribution is 2.30. The predicted octanol–water partition coefficient (Wildman–Crippen LogP) is 5.66. The van der Waals surface area contributed by atoms with Gasteiger partial charge in [0.1, 0.15) is 11.6 Å². The fourth-order valence-corrected chi connectivity index (χ4v) is 3.63. The molecule has 0 fully saturated rings. The van der Waals surface area contributed by atoms with E-state index in [9.17, 15) is 14.0 Å². The number of hydrogen-bond donors (Lipinski definition) is 3. The number of nitrogens with zero attached hydrogens (tertiary/aromatic N) is 2. The Bertz CT molecular complexity index is 1370. The number of hydrogen-bond acceptors (Lipinski definition) is 3. The van der Waals surface area contributed by atoms with Crippen LogP contribution in [0.4, 0.5) is 20.7 Å². The lowest BCUT2D eigenvalue weighted by atomic mass is 10.1. The first-order chi connectivity index (χ1) is 16.3. The van der Waals surface area contributed by atoms with Crippen molar-refractivity contribution in [2.75, 3.05) is 10.6 Å². The van der Waals surface area contributed by atoms with Gasteiger partial charge in [0, 0.05) is 11.6 Å². The molecule has 1 aromatic heterocycles. The van der Waals surface area contributed by atoms with Crippen LogP contribution in [0.2, 0.25) is 10.0 Å². The van der Waals surface area contributed by atoms with Crippen molar-refractivity contribution < 1.29 is 14.0 Å². The molecule has 0 spiro atoms. The zero-order chi connectivity index (χ0) is 24.2. The molecule has 0 unspecified atom stereocenters. The van der Waals surface area contributed by atoms with Crippen molar-refractivity contribution in [2.24, 2.45) is 5.73 Å². The van der Waals surface area contributed by atoms with E-state index in [0.29, 0.717) is 33.5 Å². The molecule has 34 heavy (non-hydrogen) atoms. The number of halogens is 3. The molecular formula is C24H18Cl2FN5O2. The van der Waals surface area contributed by atoms with Crippen molar-refractivity contribution in [1.29, 1.82) is 0 Å². The van der Waals surface area contributed by atoms with Gasteiger partial charge in [0.2, 0.25) is 5.91 Å². The number of nitrogens with two attached hydrogens (primary N) is 1. The summed E-state index contributed by atoms with van der Waals surface area (Å²) in [5.74, 6) is -0.540. The normalized spacial score (nSPS) is 10.7. The average molecular weight is 498 g/mol. The van der Waals surface area contributed by atoms with Crippen LogP contribution in [-0.4, -0.2) is 21.7 Å². The molecule has 172 valence electrons. The standard InChI is InChI=1S/C24H18Cl2FN5O2/c25-18-5-2-6-19(23(18)26)29-24(34)30-22-13-20(15-3-1-4-16(27)12-15)31-32(22)17-9-7-14(8-10-17)11-21(28)33/h1-10,12-13H,11H2,(H2,28,33)(H2,29,30,34). The summed E-state index contributed by atoms with van der Waals surface area (Å²) in [6.45, 7) is 0. The quantitative estimate of drug-likeness (QED) is 0.320. The van der Waals surface area contributed by atoms with Gasteiger partial charge in [-0.1, -0.05) is 53.5 Å². The van der Waals surface area contributed by atoms with Crippen LogP contribution in [0, 0.1) is 5.82 Å². The van der Waals surface area contributed by atoms with Crippen molar-refractivity contribution in [3.8, 4) is 16.9 Å². The van der Waals surface area contributed by atoms with Crippen LogP contribution in [0.25, 0.3) is 16.9 Å². The number of nitrogens with one attached hydrogen (secondary N) is 2. The van der Waals surface area contributed by atoms with Crippen molar-refractivity contribution in [3.05, 3.63) is 94.2 Å². The summed E-state index contributed by atoms with van der Waals surface area (Å²) >= 11 is 12.2. The van der Waals surface area contributed by atoms with Crippen molar-refractivity contribution >= 4 is 46.6 Å². The number of carbonyl (C=O) groups excluding carboxylic acids is 2. The molecule has 4 N–H and O–H groups in total. The van der Waals surface area contributed by atoms with E-state index in [2.05, 4.69) is 15.7 Å². The Morgan fingerprint density at radius 3 is 2.41 bits per heavy atom. The monoisotopic (exact) mass is 497 g/mol. The summed E-state index contributed by atoms with van der Waals surface area (Å²) in [7, 11) is 0. The highest BCUT2D eigenvalue weighted by Gasteiger charge is 2.16. The summed E-state index contributed by atoms with van der Waals surface area (Å²) in [4.78, 5) is 23.9. The van der Waals surface area contributed by atoms with E-state index in [1.54, 1.807) is 60.7 Å². The predicted molar refractivity (Wildman–Crippen MR) is 131 cm³/mol. The summed E-state index contributed by atoms with van der Waals surface area (Å²) < 4.78 is 15.3. The average Bonchev–Trinajstić information content (AvgIpc) is 3.21. The van der Waals surface area contributed by atoms with Gasteiger partial charge in [0.15, 0.2) is 0 Å². The van der Waals surface area contributed by atoms with E-state index in [1.165, 1.54) is 16.8 Å². The molecule has 0 atom stereocenters. The van der Waals surface area contributed by atoms with Gasteiger partial charge in [0.05, 0.1) is 33.5 Å². The Kier molecular flexibility index (Phi) is 6.81. The van der Waals surface area contributed by atoms with Gasteiger partial charge < -0.3 is 11.1 Å². The van der Waals surface area contributed by atoms with Crippen molar-refractivity contribution in [2.45, 2.75) is 6.42 Å². The minimum atomic E-state index is -0.582. The number of primary amides is 1. The number of carbonyl (C=O) groups is 2. The lowest BCUT2D eigenvalue weighted by Gasteiger charge is -2.11. The molecule has 0 aliphatic heterocycles. The number of urea groups is 1. The van der Waals surface area contributed by atoms with Crippen LogP contribution >= 0.6 is 23.2 Å². The Balaban J connectivity index is 1.67. The van der Waals surface area contributed by atoms with Gasteiger partial charge in [-0.25, -0.2) is 13.9 Å². The van der Waals surface area contributed by atoms with E-state index < -0.39 is 17.8 Å². The zero-order valence-corrected chi connectivity index (χ0v) is 19.1. The molecule has 1 heterocycles. The van der Waals surface area contributed by atoms with E-state index in [0.717, 1.165) is 5.56 Å². The largest absolute Gasteiger partial charge is 0.369 e. The van der Waals surface area contributed by atoms with Crippen LogP contribution in [0.5, 0.6) is 0 Å². The molecule has 0 saturated heterocycles. The summed E-state index contributed by atoms with van der Waals surface area (Å²) in [6.07, 6.45) is 0.0990. The molecule has 0 saturated carbocycles. The summed E-state index contributed by atoms with van der Waals surface area (Å²) in [5.41, 5.74) is 7.90.